The molecule has 1 atom stereocenters. The number of alkyl halides is 3. The zero-order valence-corrected chi connectivity index (χ0v) is 12.1. The Balaban J connectivity index is 2.64. The number of hydrogen-bond acceptors (Lipinski definition) is 4. The first-order valence-corrected chi connectivity index (χ1v) is 6.48. The summed E-state index contributed by atoms with van der Waals surface area (Å²) in [6, 6.07) is -0.476. The quantitative estimate of drug-likeness (QED) is 0.595. The van der Waals surface area contributed by atoms with Gasteiger partial charge in [0, 0.05) is 13.0 Å². The highest BCUT2D eigenvalue weighted by molar-refractivity contribution is 6.31. The van der Waals surface area contributed by atoms with E-state index in [4.69, 9.17) is 17.4 Å². The van der Waals surface area contributed by atoms with Crippen molar-refractivity contribution in [1.29, 1.82) is 0 Å². The molecular weight excluding hydrogens is 297 g/mol. The molecule has 9 heteroatoms. The van der Waals surface area contributed by atoms with Crippen LogP contribution >= 0.6 is 11.6 Å². The van der Waals surface area contributed by atoms with Crippen molar-refractivity contribution in [2.75, 3.05) is 13.2 Å². The van der Waals surface area contributed by atoms with Gasteiger partial charge in [-0.2, -0.15) is 18.3 Å². The monoisotopic (exact) mass is 314 g/mol. The van der Waals surface area contributed by atoms with Crippen molar-refractivity contribution >= 4 is 11.6 Å². The molecule has 0 aliphatic heterocycles. The van der Waals surface area contributed by atoms with Gasteiger partial charge in [-0.1, -0.05) is 11.6 Å². The minimum absolute atomic E-state index is 0.166. The predicted octanol–water partition coefficient (Wildman–Crippen LogP) is 1.82. The van der Waals surface area contributed by atoms with Gasteiger partial charge in [0.2, 0.25) is 0 Å². The third-order valence-electron chi connectivity index (χ3n) is 2.71. The Bertz CT molecular complexity index is 436. The van der Waals surface area contributed by atoms with Gasteiger partial charge >= 0.3 is 6.18 Å². The number of nitrogens with two attached hydrogens (primary N) is 1. The molecule has 0 saturated carbocycles. The second kappa shape index (κ2) is 7.26. The Kier molecular flexibility index (Phi) is 6.25. The number of rotatable bonds is 7. The lowest BCUT2D eigenvalue weighted by atomic mass is 10.1. The van der Waals surface area contributed by atoms with Crippen LogP contribution in [0, 0.1) is 6.92 Å². The molecule has 1 heterocycles. The molecule has 1 aromatic heterocycles. The molecule has 0 amide bonds. The maximum absolute atomic E-state index is 12.0. The van der Waals surface area contributed by atoms with Gasteiger partial charge < -0.3 is 4.74 Å². The fourth-order valence-electron chi connectivity index (χ4n) is 1.78. The molecular formula is C11H18ClF3N4O. The Morgan fingerprint density at radius 3 is 2.65 bits per heavy atom. The molecule has 0 aliphatic rings. The number of halogens is 4. The molecule has 0 aromatic carbocycles. The first-order valence-electron chi connectivity index (χ1n) is 6.10. The van der Waals surface area contributed by atoms with Crippen molar-refractivity contribution in [3.8, 4) is 0 Å². The average Bonchev–Trinajstić information content (AvgIpc) is 2.63. The van der Waals surface area contributed by atoms with E-state index in [1.54, 1.807) is 11.6 Å². The van der Waals surface area contributed by atoms with Crippen LogP contribution in [-0.4, -0.2) is 35.2 Å². The number of hydrazine groups is 1. The van der Waals surface area contributed by atoms with Gasteiger partial charge in [-0.3, -0.25) is 16.0 Å². The lowest BCUT2D eigenvalue weighted by Gasteiger charge is -2.17. The number of hydrogen-bond donors (Lipinski definition) is 2. The lowest BCUT2D eigenvalue weighted by Crippen LogP contribution is -2.41. The first-order chi connectivity index (χ1) is 9.28. The van der Waals surface area contributed by atoms with Crippen molar-refractivity contribution in [1.82, 2.24) is 15.2 Å². The van der Waals surface area contributed by atoms with Gasteiger partial charge in [-0.25, -0.2) is 0 Å². The number of aromatic nitrogens is 2. The van der Waals surface area contributed by atoms with Crippen molar-refractivity contribution < 1.29 is 17.9 Å². The van der Waals surface area contributed by atoms with E-state index in [1.807, 2.05) is 6.92 Å². The first kappa shape index (κ1) is 17.2. The molecule has 3 N–H and O–H groups in total. The van der Waals surface area contributed by atoms with Crippen molar-refractivity contribution in [2.24, 2.45) is 5.84 Å². The van der Waals surface area contributed by atoms with Gasteiger partial charge in [0.05, 0.1) is 29.1 Å². The lowest BCUT2D eigenvalue weighted by molar-refractivity contribution is -0.175. The molecule has 20 heavy (non-hydrogen) atoms. The van der Waals surface area contributed by atoms with Crippen LogP contribution in [0.4, 0.5) is 13.2 Å². The SMILES string of the molecule is CCn1nc(C)c(Cl)c1CC(COCC(F)(F)F)NN. The van der Waals surface area contributed by atoms with E-state index in [1.165, 1.54) is 0 Å². The summed E-state index contributed by atoms with van der Waals surface area (Å²) in [4.78, 5) is 0. The van der Waals surface area contributed by atoms with Crippen LogP contribution in [0.2, 0.25) is 5.02 Å². The van der Waals surface area contributed by atoms with Crippen LogP contribution in [0.15, 0.2) is 0 Å². The minimum atomic E-state index is -4.35. The summed E-state index contributed by atoms with van der Waals surface area (Å²) in [5.74, 6) is 5.33. The zero-order valence-electron chi connectivity index (χ0n) is 11.3. The zero-order chi connectivity index (χ0) is 15.3. The number of ether oxygens (including phenoxy) is 1. The third-order valence-corrected chi connectivity index (χ3v) is 3.20. The van der Waals surface area contributed by atoms with E-state index in [-0.39, 0.29) is 6.61 Å². The van der Waals surface area contributed by atoms with Gasteiger partial charge in [0.15, 0.2) is 0 Å². The summed E-state index contributed by atoms with van der Waals surface area (Å²) >= 11 is 6.13. The fraction of sp³-hybridized carbons (Fsp3) is 0.727. The second-order valence-corrected chi connectivity index (χ2v) is 4.74. The molecule has 116 valence electrons. The summed E-state index contributed by atoms with van der Waals surface area (Å²) in [6.45, 7) is 2.81. The molecule has 0 spiro atoms. The van der Waals surface area contributed by atoms with E-state index in [9.17, 15) is 13.2 Å². The van der Waals surface area contributed by atoms with E-state index < -0.39 is 18.8 Å². The van der Waals surface area contributed by atoms with Crippen LogP contribution in [0.25, 0.3) is 0 Å². The van der Waals surface area contributed by atoms with E-state index in [2.05, 4.69) is 15.3 Å². The highest BCUT2D eigenvalue weighted by Gasteiger charge is 2.28. The molecule has 0 fully saturated rings. The normalized spacial score (nSPS) is 13.8. The van der Waals surface area contributed by atoms with Crippen LogP contribution in [0.5, 0.6) is 0 Å². The minimum Gasteiger partial charge on any atom is -0.370 e. The molecule has 1 rings (SSSR count). The Labute approximate surface area is 120 Å². The van der Waals surface area contributed by atoms with Crippen molar-refractivity contribution in [2.45, 2.75) is 39.0 Å². The smallest absolute Gasteiger partial charge is 0.370 e. The van der Waals surface area contributed by atoms with Gasteiger partial charge in [-0.15, -0.1) is 0 Å². The van der Waals surface area contributed by atoms with Crippen LogP contribution in [0.1, 0.15) is 18.3 Å². The average molecular weight is 315 g/mol. The molecule has 5 nitrogen and oxygen atoms in total. The third kappa shape index (κ3) is 4.93. The summed E-state index contributed by atoms with van der Waals surface area (Å²) in [5, 5.41) is 4.73. The second-order valence-electron chi connectivity index (χ2n) is 4.36. The molecule has 0 radical (unpaired) electrons. The van der Waals surface area contributed by atoms with Crippen molar-refractivity contribution in [3.05, 3.63) is 16.4 Å². The van der Waals surface area contributed by atoms with Crippen LogP contribution in [-0.2, 0) is 17.7 Å². The predicted molar refractivity (Wildman–Crippen MR) is 69.3 cm³/mol. The van der Waals surface area contributed by atoms with Gasteiger partial charge in [-0.05, 0) is 13.8 Å². The molecule has 0 aliphatic carbocycles. The summed E-state index contributed by atoms with van der Waals surface area (Å²) < 4.78 is 42.3. The van der Waals surface area contributed by atoms with E-state index in [0.717, 1.165) is 5.69 Å². The van der Waals surface area contributed by atoms with E-state index >= 15 is 0 Å². The largest absolute Gasteiger partial charge is 0.411 e. The standard InChI is InChI=1S/C11H18ClF3N4O/c1-3-19-9(10(12)7(2)18-19)4-8(17-16)5-20-6-11(13,14)15/h8,17H,3-6,16H2,1-2H3. The molecule has 0 bridgehead atoms. The van der Waals surface area contributed by atoms with E-state index in [0.29, 0.717) is 23.7 Å². The Morgan fingerprint density at radius 2 is 2.15 bits per heavy atom. The number of nitrogens with one attached hydrogen (secondary N) is 1. The van der Waals surface area contributed by atoms with Gasteiger partial charge in [0.25, 0.3) is 0 Å². The molecule has 0 saturated heterocycles. The summed E-state index contributed by atoms with van der Waals surface area (Å²) in [5.41, 5.74) is 3.84. The summed E-state index contributed by atoms with van der Waals surface area (Å²) in [7, 11) is 0. The molecule has 1 aromatic rings. The Hall–Kier alpha value is -0.830. The maximum atomic E-state index is 12.0. The van der Waals surface area contributed by atoms with Crippen LogP contribution in [0.3, 0.4) is 0 Å². The van der Waals surface area contributed by atoms with Crippen molar-refractivity contribution in [3.63, 3.8) is 0 Å². The number of nitrogens with zero attached hydrogens (tertiary/aromatic N) is 2. The highest BCUT2D eigenvalue weighted by atomic mass is 35.5. The number of aryl methyl sites for hydroxylation is 2. The van der Waals surface area contributed by atoms with Gasteiger partial charge in [0.1, 0.15) is 6.61 Å². The molecule has 1 unspecified atom stereocenters. The maximum Gasteiger partial charge on any atom is 0.411 e. The highest BCUT2D eigenvalue weighted by Crippen LogP contribution is 2.22. The summed E-state index contributed by atoms with van der Waals surface area (Å²) in [6.07, 6.45) is -4.01. The topological polar surface area (TPSA) is 65.1 Å². The fourth-order valence-corrected chi connectivity index (χ4v) is 1.99. The van der Waals surface area contributed by atoms with Crippen LogP contribution < -0.4 is 11.3 Å². The Morgan fingerprint density at radius 1 is 1.50 bits per heavy atom.